The van der Waals surface area contributed by atoms with Crippen LogP contribution >= 0.6 is 11.6 Å². The number of esters is 1. The van der Waals surface area contributed by atoms with Crippen LogP contribution in [0.25, 0.3) is 0 Å². The highest BCUT2D eigenvalue weighted by Gasteiger charge is 2.50. The van der Waals surface area contributed by atoms with Crippen molar-refractivity contribution < 1.29 is 19.1 Å². The van der Waals surface area contributed by atoms with E-state index in [0.717, 1.165) is 0 Å². The third-order valence-electron chi connectivity index (χ3n) is 3.58. The van der Waals surface area contributed by atoms with Crippen molar-refractivity contribution in [2.24, 2.45) is 0 Å². The number of anilines is 1. The Morgan fingerprint density at radius 1 is 1.41 bits per heavy atom. The fraction of sp³-hybridized carbons (Fsp3) is 0.500. The molecule has 0 bridgehead atoms. The van der Waals surface area contributed by atoms with E-state index in [2.05, 4.69) is 0 Å². The number of rotatable bonds is 3. The van der Waals surface area contributed by atoms with Crippen LogP contribution in [-0.2, 0) is 14.3 Å². The lowest BCUT2D eigenvalue weighted by atomic mass is 9.95. The van der Waals surface area contributed by atoms with Gasteiger partial charge in [0.2, 0.25) is 0 Å². The third kappa shape index (κ3) is 2.65. The van der Waals surface area contributed by atoms with E-state index in [4.69, 9.17) is 21.1 Å². The summed E-state index contributed by atoms with van der Waals surface area (Å²) in [5.41, 5.74) is -1.78. The van der Waals surface area contributed by atoms with Gasteiger partial charge in [-0.3, -0.25) is 9.69 Å². The zero-order valence-electron chi connectivity index (χ0n) is 13.4. The maximum atomic E-state index is 12.8. The van der Waals surface area contributed by atoms with Crippen molar-refractivity contribution in [3.05, 3.63) is 23.2 Å². The number of halogens is 1. The Labute approximate surface area is 135 Å². The second kappa shape index (κ2) is 5.47. The number of carbonyl (C=O) groups is 2. The quantitative estimate of drug-likeness (QED) is 0.801. The van der Waals surface area contributed by atoms with Gasteiger partial charge in [-0.15, -0.1) is 0 Å². The van der Waals surface area contributed by atoms with Crippen LogP contribution in [0.3, 0.4) is 0 Å². The van der Waals surface area contributed by atoms with Gasteiger partial charge < -0.3 is 9.47 Å². The Balaban J connectivity index is 2.60. The van der Waals surface area contributed by atoms with E-state index in [-0.39, 0.29) is 12.5 Å². The molecule has 5 nitrogen and oxygen atoms in total. The average Bonchev–Trinajstić information content (AvgIpc) is 2.40. The molecule has 22 heavy (non-hydrogen) atoms. The minimum atomic E-state index is -1.17. The number of nitrogens with zero attached hydrogens (tertiary/aromatic N) is 1. The third-order valence-corrected chi connectivity index (χ3v) is 3.81. The highest BCUT2D eigenvalue weighted by atomic mass is 35.5. The van der Waals surface area contributed by atoms with Crippen LogP contribution in [0.4, 0.5) is 5.69 Å². The van der Waals surface area contributed by atoms with Gasteiger partial charge in [0.1, 0.15) is 11.3 Å². The summed E-state index contributed by atoms with van der Waals surface area (Å²) in [6.07, 6.45) is 0. The molecule has 0 unspecified atom stereocenters. The molecule has 1 amide bonds. The van der Waals surface area contributed by atoms with Crippen LogP contribution in [0.5, 0.6) is 5.75 Å². The maximum absolute atomic E-state index is 12.8. The van der Waals surface area contributed by atoms with Crippen molar-refractivity contribution in [2.45, 2.75) is 45.8 Å². The first-order valence-corrected chi connectivity index (χ1v) is 7.49. The van der Waals surface area contributed by atoms with Crippen LogP contribution in [0.1, 0.15) is 34.6 Å². The molecular weight excluding hydrogens is 306 g/mol. The van der Waals surface area contributed by atoms with Crippen LogP contribution in [-0.4, -0.2) is 29.6 Å². The molecule has 1 aromatic carbocycles. The van der Waals surface area contributed by atoms with E-state index in [0.29, 0.717) is 16.5 Å². The monoisotopic (exact) mass is 325 g/mol. The molecule has 0 radical (unpaired) electrons. The van der Waals surface area contributed by atoms with Crippen LogP contribution in [0.15, 0.2) is 18.2 Å². The summed E-state index contributed by atoms with van der Waals surface area (Å²) in [5.74, 6) is -0.293. The smallest absolute Gasteiger partial charge is 0.331 e. The Kier molecular flexibility index (Phi) is 4.13. The summed E-state index contributed by atoms with van der Waals surface area (Å²) < 4.78 is 10.9. The Morgan fingerprint density at radius 2 is 2.05 bits per heavy atom. The molecule has 1 aliphatic heterocycles. The van der Waals surface area contributed by atoms with Gasteiger partial charge in [-0.05, 0) is 52.8 Å². The fourth-order valence-corrected chi connectivity index (χ4v) is 2.57. The summed E-state index contributed by atoms with van der Waals surface area (Å²) in [6.45, 7) is 8.60. The Bertz CT molecular complexity index is 625. The molecule has 120 valence electrons. The predicted octanol–water partition coefficient (Wildman–Crippen LogP) is 3.19. The molecule has 0 spiro atoms. The van der Waals surface area contributed by atoms with E-state index < -0.39 is 17.1 Å². The first-order chi connectivity index (χ1) is 10.1. The van der Waals surface area contributed by atoms with E-state index in [1.54, 1.807) is 52.8 Å². The number of fused-ring (bicyclic) bond motifs is 1. The molecule has 1 aliphatic rings. The zero-order chi connectivity index (χ0) is 16.7. The molecule has 2 rings (SSSR count). The van der Waals surface area contributed by atoms with Gasteiger partial charge >= 0.3 is 5.97 Å². The van der Waals surface area contributed by atoms with E-state index >= 15 is 0 Å². The number of hydrogen-bond donors (Lipinski definition) is 0. The van der Waals surface area contributed by atoms with Crippen molar-refractivity contribution in [3.8, 4) is 5.75 Å². The van der Waals surface area contributed by atoms with Crippen molar-refractivity contribution in [1.29, 1.82) is 0 Å². The molecule has 0 aromatic heterocycles. The molecule has 0 saturated heterocycles. The molecule has 0 fully saturated rings. The van der Waals surface area contributed by atoms with E-state index in [1.807, 2.05) is 0 Å². The first kappa shape index (κ1) is 16.6. The van der Waals surface area contributed by atoms with Gasteiger partial charge in [0.25, 0.3) is 5.91 Å². The zero-order valence-corrected chi connectivity index (χ0v) is 14.2. The molecule has 0 aliphatic carbocycles. The summed E-state index contributed by atoms with van der Waals surface area (Å²) in [4.78, 5) is 26.6. The summed E-state index contributed by atoms with van der Waals surface area (Å²) in [5, 5.41) is 0.458. The first-order valence-electron chi connectivity index (χ1n) is 7.11. The number of amides is 1. The van der Waals surface area contributed by atoms with Crippen LogP contribution < -0.4 is 9.64 Å². The summed E-state index contributed by atoms with van der Waals surface area (Å²) >= 11 is 6.04. The second-order valence-electron chi connectivity index (χ2n) is 6.14. The standard InChI is InChI=1S/C16H20ClNO4/c1-6-21-14(20)15(2,3)18-11-9-10(17)7-8-12(11)22-16(4,5)13(18)19/h7-9H,6H2,1-5H3. The molecule has 0 atom stereocenters. The Morgan fingerprint density at radius 3 is 2.64 bits per heavy atom. The van der Waals surface area contributed by atoms with E-state index in [9.17, 15) is 9.59 Å². The molecular formula is C16H20ClNO4. The average molecular weight is 326 g/mol. The van der Waals surface area contributed by atoms with Gasteiger partial charge in [-0.2, -0.15) is 0 Å². The number of ether oxygens (including phenoxy) is 2. The van der Waals surface area contributed by atoms with Gasteiger partial charge in [0, 0.05) is 5.02 Å². The maximum Gasteiger partial charge on any atom is 0.331 e. The van der Waals surface area contributed by atoms with Gasteiger partial charge in [-0.1, -0.05) is 11.6 Å². The van der Waals surface area contributed by atoms with Gasteiger partial charge in [0.05, 0.1) is 12.3 Å². The number of carbonyl (C=O) groups excluding carboxylic acids is 2. The molecule has 1 heterocycles. The van der Waals surface area contributed by atoms with Crippen molar-refractivity contribution in [1.82, 2.24) is 0 Å². The molecule has 0 N–H and O–H groups in total. The topological polar surface area (TPSA) is 55.8 Å². The number of benzene rings is 1. The lowest BCUT2D eigenvalue weighted by Gasteiger charge is -2.45. The molecule has 1 aromatic rings. The largest absolute Gasteiger partial charge is 0.476 e. The SMILES string of the molecule is CCOC(=O)C(C)(C)N1C(=O)C(C)(C)Oc2ccc(Cl)cc21. The predicted molar refractivity (Wildman–Crippen MR) is 84.4 cm³/mol. The van der Waals surface area contributed by atoms with Crippen molar-refractivity contribution in [2.75, 3.05) is 11.5 Å². The fourth-order valence-electron chi connectivity index (χ4n) is 2.40. The summed E-state index contributed by atoms with van der Waals surface area (Å²) in [6, 6.07) is 4.99. The Hall–Kier alpha value is -1.75. The van der Waals surface area contributed by atoms with Crippen LogP contribution in [0.2, 0.25) is 5.02 Å². The van der Waals surface area contributed by atoms with Gasteiger partial charge in [0.15, 0.2) is 5.60 Å². The van der Waals surface area contributed by atoms with Gasteiger partial charge in [-0.25, -0.2) is 4.79 Å². The minimum absolute atomic E-state index is 0.243. The van der Waals surface area contributed by atoms with Crippen molar-refractivity contribution in [3.63, 3.8) is 0 Å². The second-order valence-corrected chi connectivity index (χ2v) is 6.58. The minimum Gasteiger partial charge on any atom is -0.476 e. The highest BCUT2D eigenvalue weighted by Crippen LogP contribution is 2.42. The van der Waals surface area contributed by atoms with E-state index in [1.165, 1.54) is 4.90 Å². The highest BCUT2D eigenvalue weighted by molar-refractivity contribution is 6.31. The normalized spacial score (nSPS) is 16.8. The molecule has 0 saturated carbocycles. The lowest BCUT2D eigenvalue weighted by Crippen LogP contribution is -2.62. The summed E-state index contributed by atoms with van der Waals surface area (Å²) in [7, 11) is 0. The number of hydrogen-bond acceptors (Lipinski definition) is 4. The lowest BCUT2D eigenvalue weighted by molar-refractivity contribution is -0.151. The van der Waals surface area contributed by atoms with Crippen molar-refractivity contribution >= 4 is 29.2 Å². The van der Waals surface area contributed by atoms with Crippen LogP contribution in [0, 0.1) is 0 Å². The molecule has 6 heteroatoms.